The van der Waals surface area contributed by atoms with Crippen molar-refractivity contribution in [2.45, 2.75) is 39.8 Å². The topological polar surface area (TPSA) is 39.3 Å². The third kappa shape index (κ3) is 4.28. The molecule has 4 nitrogen and oxygen atoms in total. The van der Waals surface area contributed by atoms with E-state index in [0.29, 0.717) is 0 Å². The Morgan fingerprint density at radius 2 is 1.02 bits per heavy atom. The Balaban J connectivity index is 1.17. The molecule has 0 spiro atoms. The van der Waals surface area contributed by atoms with Gasteiger partial charge < -0.3 is 9.97 Å². The molecule has 2 aliphatic heterocycles. The Morgan fingerprint density at radius 1 is 0.565 bits per heavy atom. The highest BCUT2D eigenvalue weighted by molar-refractivity contribution is 5.93. The van der Waals surface area contributed by atoms with Gasteiger partial charge in [-0.1, -0.05) is 60.7 Å². The minimum Gasteiger partial charge on any atom is -0.361 e. The average molecular weight is 597 g/mol. The fourth-order valence-corrected chi connectivity index (χ4v) is 7.74. The number of nitrogens with zero attached hydrogens (tertiary/aromatic N) is 2. The van der Waals surface area contributed by atoms with Crippen LogP contribution < -0.4 is 9.13 Å². The maximum Gasteiger partial charge on any atom is 0.214 e. The van der Waals surface area contributed by atoms with Gasteiger partial charge in [0.1, 0.15) is 0 Å². The summed E-state index contributed by atoms with van der Waals surface area (Å²) in [6, 6.07) is 26.3. The molecule has 4 heteroatoms. The number of para-hydroxylation sites is 2. The lowest BCUT2D eigenvalue weighted by molar-refractivity contribution is -0.689. The highest BCUT2D eigenvalue weighted by Crippen LogP contribution is 2.43. The molecular weight excluding hydrogens is 560 g/mol. The molecule has 4 aromatic heterocycles. The van der Waals surface area contributed by atoms with Gasteiger partial charge >= 0.3 is 0 Å². The zero-order valence-corrected chi connectivity index (χ0v) is 26.3. The predicted octanol–water partition coefficient (Wildman–Crippen LogP) is 8.63. The lowest BCUT2D eigenvalue weighted by Gasteiger charge is -2.27. The summed E-state index contributed by atoms with van der Waals surface area (Å²) < 4.78 is 4.92. The van der Waals surface area contributed by atoms with E-state index in [-0.39, 0.29) is 0 Å². The minimum absolute atomic E-state index is 1.00. The molecule has 3 aromatic carbocycles. The van der Waals surface area contributed by atoms with Crippen molar-refractivity contribution in [3.05, 3.63) is 142 Å². The number of benzene rings is 3. The van der Waals surface area contributed by atoms with E-state index < -0.39 is 0 Å². The number of hydrogen-bond donors (Lipinski definition) is 2. The van der Waals surface area contributed by atoms with Crippen molar-refractivity contribution in [1.82, 2.24) is 9.97 Å². The van der Waals surface area contributed by atoms with Crippen molar-refractivity contribution in [2.75, 3.05) is 0 Å². The van der Waals surface area contributed by atoms with E-state index in [0.717, 1.165) is 25.9 Å². The molecule has 0 saturated heterocycles. The third-order valence-corrected chi connectivity index (χ3v) is 10.3. The van der Waals surface area contributed by atoms with Gasteiger partial charge in [0, 0.05) is 71.3 Å². The molecule has 46 heavy (non-hydrogen) atoms. The molecule has 0 amide bonds. The summed E-state index contributed by atoms with van der Waals surface area (Å²) in [5.74, 6) is 0. The number of aromatic amines is 2. The van der Waals surface area contributed by atoms with Gasteiger partial charge in [-0.25, -0.2) is 0 Å². The number of fused-ring (bicyclic) bond motifs is 9. The maximum atomic E-state index is 3.41. The molecule has 0 unspecified atom stereocenters. The Labute approximate surface area is 269 Å². The van der Waals surface area contributed by atoms with Gasteiger partial charge in [0.15, 0.2) is 25.5 Å². The molecule has 6 heterocycles. The highest BCUT2D eigenvalue weighted by atomic mass is 15.0. The van der Waals surface area contributed by atoms with E-state index in [1.165, 1.54) is 88.8 Å². The van der Waals surface area contributed by atoms with Crippen LogP contribution in [0.1, 0.15) is 44.5 Å². The first-order valence-electron chi connectivity index (χ1n) is 16.3. The lowest BCUT2D eigenvalue weighted by Crippen LogP contribution is -2.43. The Bertz CT molecular complexity index is 2230. The number of pyridine rings is 2. The van der Waals surface area contributed by atoms with Gasteiger partial charge in [-0.2, -0.15) is 9.13 Å². The zero-order valence-electron chi connectivity index (χ0n) is 26.3. The summed E-state index contributed by atoms with van der Waals surface area (Å²) in [4.78, 5) is 6.82. The zero-order chi connectivity index (χ0) is 30.8. The first-order valence-corrected chi connectivity index (χ1v) is 16.3. The Hall–Kier alpha value is -5.48. The van der Waals surface area contributed by atoms with Crippen LogP contribution in [-0.2, 0) is 25.9 Å². The van der Waals surface area contributed by atoms with E-state index in [2.05, 4.69) is 155 Å². The van der Waals surface area contributed by atoms with Gasteiger partial charge in [-0.15, -0.1) is 0 Å². The van der Waals surface area contributed by atoms with Crippen molar-refractivity contribution in [3.63, 3.8) is 0 Å². The average Bonchev–Trinajstić information content (AvgIpc) is 3.72. The van der Waals surface area contributed by atoms with Gasteiger partial charge in [0.25, 0.3) is 0 Å². The van der Waals surface area contributed by atoms with Crippen LogP contribution in [0.15, 0.2) is 97.6 Å². The van der Waals surface area contributed by atoms with Crippen LogP contribution in [0.25, 0.3) is 68.6 Å². The molecule has 2 aliphatic rings. The molecule has 0 saturated carbocycles. The number of H-pyrrole nitrogens is 2. The first kappa shape index (κ1) is 26.9. The number of rotatable bonds is 4. The van der Waals surface area contributed by atoms with Crippen molar-refractivity contribution < 1.29 is 9.13 Å². The number of aryl methyl sites for hydroxylation is 2. The quantitative estimate of drug-likeness (QED) is 0.191. The number of hydrogen-bond acceptors (Lipinski definition) is 0. The lowest BCUT2D eigenvalue weighted by atomic mass is 9.79. The highest BCUT2D eigenvalue weighted by Gasteiger charge is 2.36. The summed E-state index contributed by atoms with van der Waals surface area (Å²) in [6.45, 7) is 6.68. The first-order chi connectivity index (χ1) is 22.6. The predicted molar refractivity (Wildman–Crippen MR) is 189 cm³/mol. The second-order valence-corrected chi connectivity index (χ2v) is 12.8. The van der Waals surface area contributed by atoms with Crippen LogP contribution >= 0.6 is 0 Å². The maximum absolute atomic E-state index is 3.41. The fraction of sp³-hybridized carbons (Fsp3) is 0.143. The van der Waals surface area contributed by atoms with E-state index in [1.54, 1.807) is 0 Å². The van der Waals surface area contributed by atoms with E-state index in [4.69, 9.17) is 0 Å². The van der Waals surface area contributed by atoms with Crippen LogP contribution in [0.2, 0.25) is 0 Å². The molecule has 0 fully saturated rings. The standard InChI is InChI=1S/C42H34N4/c1-27-28(2)34-18-22-46-20-16-30(12-14-32-26-44-38-10-6-4-8-36(32)38)24-40(46)42(34)41-33(27)17-21-45-19-15-29(23-39(41)45)11-13-31-25-43-37-9-5-3-7-35(31)37/h3-16,19-20,23-26H,17-18,21-22H2,1-2H3/p+2. The largest absolute Gasteiger partial charge is 0.361 e. The number of nitrogens with one attached hydrogen (secondary N) is 2. The summed E-state index contributed by atoms with van der Waals surface area (Å²) in [7, 11) is 0. The molecule has 2 N–H and O–H groups in total. The van der Waals surface area contributed by atoms with E-state index in [1.807, 2.05) is 0 Å². The van der Waals surface area contributed by atoms with Crippen molar-refractivity contribution in [1.29, 1.82) is 0 Å². The Morgan fingerprint density at radius 3 is 1.50 bits per heavy atom. The van der Waals surface area contributed by atoms with Crippen molar-refractivity contribution in [3.8, 4) is 22.5 Å². The molecule has 0 aliphatic carbocycles. The van der Waals surface area contributed by atoms with Crippen molar-refractivity contribution >= 4 is 46.1 Å². The van der Waals surface area contributed by atoms with Crippen molar-refractivity contribution in [2.24, 2.45) is 0 Å². The SMILES string of the molecule is Cc1c(C)c2c(c3c1CC[n+]1ccc(/C=C/c4c[nH]c5ccccc45)cc1-3)-c1cc(/C=C/c3c[nH]c4ccccc34)cc[n+]1CC2. The van der Waals surface area contributed by atoms with Gasteiger partial charge in [0.05, 0.1) is 11.1 Å². The summed E-state index contributed by atoms with van der Waals surface area (Å²) in [5, 5.41) is 2.50. The van der Waals surface area contributed by atoms with Crippen LogP contribution in [0.5, 0.6) is 0 Å². The van der Waals surface area contributed by atoms with E-state index >= 15 is 0 Å². The Kier molecular flexibility index (Phi) is 6.17. The second kappa shape index (κ2) is 10.6. The van der Waals surface area contributed by atoms with Crippen LogP contribution in [0.4, 0.5) is 0 Å². The normalized spacial score (nSPS) is 13.8. The van der Waals surface area contributed by atoms with Crippen LogP contribution in [-0.4, -0.2) is 9.97 Å². The van der Waals surface area contributed by atoms with Gasteiger partial charge in [-0.05, 0) is 70.5 Å². The minimum atomic E-state index is 1.00. The molecule has 0 atom stereocenters. The third-order valence-electron chi connectivity index (χ3n) is 10.3. The molecule has 0 radical (unpaired) electrons. The van der Waals surface area contributed by atoms with Gasteiger partial charge in [-0.3, -0.25) is 0 Å². The monoisotopic (exact) mass is 596 g/mol. The molecular formula is C42H36N4+2. The summed E-state index contributed by atoms with van der Waals surface area (Å²) in [6.07, 6.45) is 19.9. The summed E-state index contributed by atoms with van der Waals surface area (Å²) >= 11 is 0. The molecule has 9 rings (SSSR count). The molecule has 0 bridgehead atoms. The van der Waals surface area contributed by atoms with Gasteiger partial charge in [0.2, 0.25) is 11.4 Å². The fourth-order valence-electron chi connectivity index (χ4n) is 7.74. The van der Waals surface area contributed by atoms with E-state index in [9.17, 15) is 0 Å². The van der Waals surface area contributed by atoms with Crippen LogP contribution in [0, 0.1) is 13.8 Å². The molecule has 7 aromatic rings. The summed E-state index contributed by atoms with van der Waals surface area (Å²) in [5.41, 5.74) is 18.6. The second-order valence-electron chi connectivity index (χ2n) is 12.8. The molecule has 222 valence electrons. The van der Waals surface area contributed by atoms with Crippen LogP contribution in [0.3, 0.4) is 0 Å². The smallest absolute Gasteiger partial charge is 0.214 e. The number of aromatic nitrogens is 4.